The third kappa shape index (κ3) is 2.20. The summed E-state index contributed by atoms with van der Waals surface area (Å²) < 4.78 is 5.22. The van der Waals surface area contributed by atoms with Crippen LogP contribution in [0.2, 0.25) is 0 Å². The van der Waals surface area contributed by atoms with Gasteiger partial charge in [0.25, 0.3) is 0 Å². The standard InChI is InChI=1S/C8H11NO/c9-5-1-3-8-4-2-6-10-7-8/h1,3,8H,2,4,6-7H2/b3-1-/t8-/m0/s1. The van der Waals surface area contributed by atoms with Crippen molar-refractivity contribution in [1.82, 2.24) is 0 Å². The molecular formula is C8H11NO. The van der Waals surface area contributed by atoms with Crippen LogP contribution in [0.1, 0.15) is 12.8 Å². The van der Waals surface area contributed by atoms with Gasteiger partial charge in [0.2, 0.25) is 0 Å². The van der Waals surface area contributed by atoms with Gasteiger partial charge < -0.3 is 4.74 Å². The molecule has 1 atom stereocenters. The van der Waals surface area contributed by atoms with Crippen molar-refractivity contribution in [3.63, 3.8) is 0 Å². The summed E-state index contributed by atoms with van der Waals surface area (Å²) >= 11 is 0. The molecule has 2 nitrogen and oxygen atoms in total. The highest BCUT2D eigenvalue weighted by Gasteiger charge is 2.09. The van der Waals surface area contributed by atoms with E-state index in [-0.39, 0.29) is 0 Å². The molecule has 0 aromatic rings. The summed E-state index contributed by atoms with van der Waals surface area (Å²) in [5.74, 6) is 0.480. The van der Waals surface area contributed by atoms with E-state index in [9.17, 15) is 0 Å². The minimum atomic E-state index is 0.480. The lowest BCUT2D eigenvalue weighted by molar-refractivity contribution is 0.0710. The third-order valence-corrected chi connectivity index (χ3v) is 1.64. The van der Waals surface area contributed by atoms with Crippen LogP contribution in [0.3, 0.4) is 0 Å². The zero-order valence-corrected chi connectivity index (χ0v) is 5.92. The topological polar surface area (TPSA) is 33.0 Å². The summed E-state index contributed by atoms with van der Waals surface area (Å²) in [4.78, 5) is 0. The molecule has 0 N–H and O–H groups in total. The number of nitrogens with zero attached hydrogens (tertiary/aromatic N) is 1. The van der Waals surface area contributed by atoms with E-state index in [2.05, 4.69) is 0 Å². The average Bonchev–Trinajstić information content (AvgIpc) is 2.03. The Kier molecular flexibility index (Phi) is 2.98. The number of nitriles is 1. The van der Waals surface area contributed by atoms with E-state index in [0.29, 0.717) is 5.92 Å². The minimum Gasteiger partial charge on any atom is -0.381 e. The van der Waals surface area contributed by atoms with E-state index >= 15 is 0 Å². The third-order valence-electron chi connectivity index (χ3n) is 1.64. The first-order valence-corrected chi connectivity index (χ1v) is 3.57. The van der Waals surface area contributed by atoms with E-state index in [1.54, 1.807) is 6.08 Å². The first kappa shape index (κ1) is 7.30. The first-order valence-electron chi connectivity index (χ1n) is 3.57. The van der Waals surface area contributed by atoms with E-state index in [1.807, 2.05) is 12.1 Å². The van der Waals surface area contributed by atoms with Gasteiger partial charge in [-0.25, -0.2) is 0 Å². The van der Waals surface area contributed by atoms with Gasteiger partial charge in [-0.05, 0) is 12.8 Å². The number of rotatable bonds is 1. The summed E-state index contributed by atoms with van der Waals surface area (Å²) in [7, 11) is 0. The molecule has 1 rings (SSSR count). The zero-order valence-electron chi connectivity index (χ0n) is 5.92. The number of hydrogen-bond donors (Lipinski definition) is 0. The van der Waals surface area contributed by atoms with Gasteiger partial charge in [0.15, 0.2) is 0 Å². The monoisotopic (exact) mass is 137 g/mol. The van der Waals surface area contributed by atoms with Crippen molar-refractivity contribution >= 4 is 0 Å². The second-order valence-corrected chi connectivity index (χ2v) is 2.47. The molecule has 0 aliphatic carbocycles. The minimum absolute atomic E-state index is 0.480. The molecule has 0 bridgehead atoms. The fourth-order valence-corrected chi connectivity index (χ4v) is 1.10. The van der Waals surface area contributed by atoms with Gasteiger partial charge in [0.1, 0.15) is 0 Å². The molecule has 0 radical (unpaired) electrons. The van der Waals surface area contributed by atoms with Gasteiger partial charge in [0.05, 0.1) is 12.7 Å². The Morgan fingerprint density at radius 3 is 3.10 bits per heavy atom. The second kappa shape index (κ2) is 4.08. The Hall–Kier alpha value is -0.810. The van der Waals surface area contributed by atoms with Crippen molar-refractivity contribution in [2.24, 2.45) is 5.92 Å². The molecule has 0 aromatic carbocycles. The molecule has 0 aromatic heterocycles. The van der Waals surface area contributed by atoms with Gasteiger partial charge in [0, 0.05) is 18.6 Å². The van der Waals surface area contributed by atoms with Gasteiger partial charge >= 0.3 is 0 Å². The summed E-state index contributed by atoms with van der Waals surface area (Å²) in [5, 5.41) is 8.22. The molecule has 0 saturated carbocycles. The Balaban J connectivity index is 2.27. The maximum absolute atomic E-state index is 8.22. The quantitative estimate of drug-likeness (QED) is 0.513. The molecule has 1 aliphatic rings. The average molecular weight is 137 g/mol. The Morgan fingerprint density at radius 2 is 2.50 bits per heavy atom. The predicted molar refractivity (Wildman–Crippen MR) is 38.3 cm³/mol. The molecular weight excluding hydrogens is 126 g/mol. The second-order valence-electron chi connectivity index (χ2n) is 2.47. The van der Waals surface area contributed by atoms with E-state index in [4.69, 9.17) is 10.00 Å². The SMILES string of the molecule is N#C/C=C\[C@H]1CCCOC1. The van der Waals surface area contributed by atoms with Crippen LogP contribution in [0.4, 0.5) is 0 Å². The highest BCUT2D eigenvalue weighted by atomic mass is 16.5. The summed E-state index contributed by atoms with van der Waals surface area (Å²) in [6.07, 6.45) is 5.76. The van der Waals surface area contributed by atoms with Crippen LogP contribution < -0.4 is 0 Å². The van der Waals surface area contributed by atoms with Gasteiger partial charge in [-0.15, -0.1) is 0 Å². The maximum Gasteiger partial charge on any atom is 0.0908 e. The first-order chi connectivity index (χ1) is 4.93. The smallest absolute Gasteiger partial charge is 0.0908 e. The number of allylic oxidation sites excluding steroid dienone is 1. The van der Waals surface area contributed by atoms with Crippen molar-refractivity contribution in [2.45, 2.75) is 12.8 Å². The Bertz CT molecular complexity index is 151. The highest BCUT2D eigenvalue weighted by Crippen LogP contribution is 2.13. The van der Waals surface area contributed by atoms with Crippen molar-refractivity contribution in [1.29, 1.82) is 5.26 Å². The van der Waals surface area contributed by atoms with Crippen LogP contribution in [-0.2, 0) is 4.74 Å². The lowest BCUT2D eigenvalue weighted by Crippen LogP contribution is -2.14. The molecule has 0 unspecified atom stereocenters. The van der Waals surface area contributed by atoms with Crippen molar-refractivity contribution in [2.75, 3.05) is 13.2 Å². The van der Waals surface area contributed by atoms with E-state index < -0.39 is 0 Å². The van der Waals surface area contributed by atoms with Gasteiger partial charge in [-0.1, -0.05) is 6.08 Å². The van der Waals surface area contributed by atoms with Crippen LogP contribution in [0, 0.1) is 17.2 Å². The van der Waals surface area contributed by atoms with Crippen molar-refractivity contribution < 1.29 is 4.74 Å². The Labute approximate surface area is 61.1 Å². The molecule has 1 aliphatic heterocycles. The van der Waals surface area contributed by atoms with Crippen LogP contribution >= 0.6 is 0 Å². The molecule has 54 valence electrons. The summed E-state index contributed by atoms with van der Waals surface area (Å²) in [6.45, 7) is 1.68. The van der Waals surface area contributed by atoms with E-state index in [0.717, 1.165) is 26.1 Å². The molecule has 1 heterocycles. The number of hydrogen-bond acceptors (Lipinski definition) is 2. The molecule has 0 spiro atoms. The van der Waals surface area contributed by atoms with Crippen LogP contribution in [0.5, 0.6) is 0 Å². The lowest BCUT2D eigenvalue weighted by Gasteiger charge is -2.17. The molecule has 2 heteroatoms. The molecule has 1 fully saturated rings. The van der Waals surface area contributed by atoms with Gasteiger partial charge in [-0.3, -0.25) is 0 Å². The van der Waals surface area contributed by atoms with Gasteiger partial charge in [-0.2, -0.15) is 5.26 Å². The van der Waals surface area contributed by atoms with E-state index in [1.165, 1.54) is 0 Å². The van der Waals surface area contributed by atoms with Crippen molar-refractivity contribution in [3.05, 3.63) is 12.2 Å². The zero-order chi connectivity index (χ0) is 7.23. The number of ether oxygens (including phenoxy) is 1. The molecule has 1 saturated heterocycles. The molecule has 10 heavy (non-hydrogen) atoms. The van der Waals surface area contributed by atoms with Crippen LogP contribution in [0.25, 0.3) is 0 Å². The summed E-state index contributed by atoms with van der Waals surface area (Å²) in [6, 6.07) is 1.98. The Morgan fingerprint density at radius 1 is 1.60 bits per heavy atom. The molecule has 0 amide bonds. The normalized spacial score (nSPS) is 26.5. The maximum atomic E-state index is 8.22. The summed E-state index contributed by atoms with van der Waals surface area (Å²) in [5.41, 5.74) is 0. The largest absolute Gasteiger partial charge is 0.381 e. The lowest BCUT2D eigenvalue weighted by atomic mass is 10.0. The van der Waals surface area contributed by atoms with Crippen molar-refractivity contribution in [3.8, 4) is 6.07 Å². The predicted octanol–water partition coefficient (Wildman–Crippen LogP) is 1.49. The highest BCUT2D eigenvalue weighted by molar-refractivity contribution is 5.04. The van der Waals surface area contributed by atoms with Crippen LogP contribution in [-0.4, -0.2) is 13.2 Å². The van der Waals surface area contributed by atoms with Crippen LogP contribution in [0.15, 0.2) is 12.2 Å². The fraction of sp³-hybridized carbons (Fsp3) is 0.625. The fourth-order valence-electron chi connectivity index (χ4n) is 1.10.